The molecule has 98 valence electrons. The van der Waals surface area contributed by atoms with Crippen molar-refractivity contribution in [3.8, 4) is 0 Å². The number of carbonyl (C=O) groups excluding carboxylic acids is 1. The van der Waals surface area contributed by atoms with Gasteiger partial charge in [-0.2, -0.15) is 0 Å². The summed E-state index contributed by atoms with van der Waals surface area (Å²) >= 11 is 0. The van der Waals surface area contributed by atoms with Gasteiger partial charge in [0.05, 0.1) is 11.6 Å². The van der Waals surface area contributed by atoms with E-state index in [1.54, 1.807) is 4.90 Å². The monoisotopic (exact) mass is 241 g/mol. The van der Waals surface area contributed by atoms with Gasteiger partial charge in [-0.1, -0.05) is 0 Å². The van der Waals surface area contributed by atoms with Crippen LogP contribution in [0.15, 0.2) is 0 Å². The summed E-state index contributed by atoms with van der Waals surface area (Å²) < 4.78 is 5.43. The predicted molar refractivity (Wildman–Crippen MR) is 64.8 cm³/mol. The first-order chi connectivity index (χ1) is 7.85. The lowest BCUT2D eigenvalue weighted by Gasteiger charge is -2.55. The van der Waals surface area contributed by atoms with Gasteiger partial charge in [-0.25, -0.2) is 4.79 Å². The fraction of sp³-hybridized carbons (Fsp3) is 0.923. The van der Waals surface area contributed by atoms with Crippen LogP contribution in [0.25, 0.3) is 0 Å². The number of hydrogen-bond acceptors (Lipinski definition) is 3. The molecule has 2 rings (SSSR count). The van der Waals surface area contributed by atoms with Crippen molar-refractivity contribution in [2.24, 2.45) is 0 Å². The Hall–Kier alpha value is -0.770. The summed E-state index contributed by atoms with van der Waals surface area (Å²) in [6, 6.07) is 0. The third kappa shape index (κ3) is 2.28. The van der Waals surface area contributed by atoms with E-state index in [0.29, 0.717) is 6.54 Å². The Kier molecular flexibility index (Phi) is 3.10. The Morgan fingerprint density at radius 3 is 2.47 bits per heavy atom. The minimum absolute atomic E-state index is 0.268. The van der Waals surface area contributed by atoms with Crippen molar-refractivity contribution in [3.63, 3.8) is 0 Å². The quantitative estimate of drug-likeness (QED) is 0.708. The highest BCUT2D eigenvalue weighted by atomic mass is 16.6. The summed E-state index contributed by atoms with van der Waals surface area (Å²) in [6.07, 6.45) is 3.94. The number of carbonyl (C=O) groups is 1. The summed E-state index contributed by atoms with van der Waals surface area (Å²) in [5.41, 5.74) is -0.787. The number of hydrogen-bond donors (Lipinski definition) is 1. The highest BCUT2D eigenvalue weighted by Crippen LogP contribution is 2.45. The summed E-state index contributed by atoms with van der Waals surface area (Å²) in [4.78, 5) is 13.9. The van der Waals surface area contributed by atoms with E-state index < -0.39 is 5.60 Å². The van der Waals surface area contributed by atoms with E-state index in [-0.39, 0.29) is 17.7 Å². The molecule has 0 bridgehead atoms. The molecule has 1 aliphatic heterocycles. The van der Waals surface area contributed by atoms with Crippen LogP contribution in [0.2, 0.25) is 0 Å². The van der Waals surface area contributed by atoms with Gasteiger partial charge in [0, 0.05) is 6.54 Å². The van der Waals surface area contributed by atoms with Crippen LogP contribution in [-0.2, 0) is 4.74 Å². The largest absolute Gasteiger partial charge is 0.444 e. The molecular weight excluding hydrogens is 218 g/mol. The zero-order valence-corrected chi connectivity index (χ0v) is 11.0. The Balaban J connectivity index is 2.10. The Morgan fingerprint density at radius 1 is 1.35 bits per heavy atom. The van der Waals surface area contributed by atoms with Crippen LogP contribution in [0, 0.1) is 0 Å². The van der Waals surface area contributed by atoms with Gasteiger partial charge in [0.2, 0.25) is 0 Å². The van der Waals surface area contributed by atoms with E-state index in [1.807, 2.05) is 20.8 Å². The van der Waals surface area contributed by atoms with Crippen molar-refractivity contribution in [1.29, 1.82) is 0 Å². The number of piperidine rings is 1. The second kappa shape index (κ2) is 4.16. The lowest BCUT2D eigenvalue weighted by atomic mass is 9.68. The Labute approximate surface area is 103 Å². The Bertz CT molecular complexity index is 304. The maximum absolute atomic E-state index is 12.2. The zero-order chi connectivity index (χ0) is 12.7. The van der Waals surface area contributed by atoms with Crippen molar-refractivity contribution in [3.05, 3.63) is 0 Å². The first kappa shape index (κ1) is 12.7. The van der Waals surface area contributed by atoms with Gasteiger partial charge in [-0.3, -0.25) is 4.90 Å². The molecule has 1 saturated carbocycles. The molecule has 2 aliphatic rings. The van der Waals surface area contributed by atoms with E-state index in [9.17, 15) is 9.90 Å². The van der Waals surface area contributed by atoms with Crippen LogP contribution in [0.1, 0.15) is 52.9 Å². The van der Waals surface area contributed by atoms with Gasteiger partial charge < -0.3 is 9.84 Å². The SMILES string of the molecule is CC(C)(C)OC(=O)N1CCCC(O)C12CCC2. The molecular formula is C13H23NO3. The maximum Gasteiger partial charge on any atom is 0.410 e. The molecule has 0 aromatic carbocycles. The average molecular weight is 241 g/mol. The number of ether oxygens (including phenoxy) is 1. The number of nitrogens with zero attached hydrogens (tertiary/aromatic N) is 1. The van der Waals surface area contributed by atoms with Crippen LogP contribution in [0.3, 0.4) is 0 Å². The first-order valence-corrected chi connectivity index (χ1v) is 6.54. The van der Waals surface area contributed by atoms with Crippen molar-refractivity contribution in [2.45, 2.75) is 70.1 Å². The van der Waals surface area contributed by atoms with E-state index in [4.69, 9.17) is 4.74 Å². The highest BCUT2D eigenvalue weighted by Gasteiger charge is 2.52. The molecule has 1 spiro atoms. The second-order valence-electron chi connectivity index (χ2n) is 6.25. The summed E-state index contributed by atoms with van der Waals surface area (Å²) in [6.45, 7) is 6.34. The third-order valence-electron chi connectivity index (χ3n) is 3.85. The van der Waals surface area contributed by atoms with Crippen LogP contribution >= 0.6 is 0 Å². The molecule has 17 heavy (non-hydrogen) atoms. The number of likely N-dealkylation sites (tertiary alicyclic amines) is 1. The number of aliphatic hydroxyl groups is 1. The van der Waals surface area contributed by atoms with E-state index in [2.05, 4.69) is 0 Å². The van der Waals surface area contributed by atoms with Gasteiger partial charge in [0.1, 0.15) is 5.60 Å². The van der Waals surface area contributed by atoms with Crippen molar-refractivity contribution in [1.82, 2.24) is 4.90 Å². The third-order valence-corrected chi connectivity index (χ3v) is 3.85. The molecule has 1 N–H and O–H groups in total. The van der Waals surface area contributed by atoms with Crippen LogP contribution < -0.4 is 0 Å². The molecule has 1 aliphatic carbocycles. The van der Waals surface area contributed by atoms with Gasteiger partial charge in [-0.15, -0.1) is 0 Å². The number of aliphatic hydroxyl groups excluding tert-OH is 1. The molecule has 1 saturated heterocycles. The van der Waals surface area contributed by atoms with Gasteiger partial charge in [0.15, 0.2) is 0 Å². The lowest BCUT2D eigenvalue weighted by Crippen LogP contribution is -2.66. The second-order valence-corrected chi connectivity index (χ2v) is 6.25. The minimum Gasteiger partial charge on any atom is -0.444 e. The number of rotatable bonds is 0. The maximum atomic E-state index is 12.2. The van der Waals surface area contributed by atoms with Crippen LogP contribution in [0.5, 0.6) is 0 Å². The summed E-state index contributed by atoms with van der Waals surface area (Å²) in [5, 5.41) is 10.1. The van der Waals surface area contributed by atoms with Gasteiger partial charge >= 0.3 is 6.09 Å². The van der Waals surface area contributed by atoms with E-state index in [0.717, 1.165) is 32.1 Å². The molecule has 1 unspecified atom stereocenters. The molecule has 1 amide bonds. The molecule has 1 atom stereocenters. The van der Waals surface area contributed by atoms with Crippen LogP contribution in [0.4, 0.5) is 4.79 Å². The fourth-order valence-corrected chi connectivity index (χ4v) is 2.85. The molecule has 0 aromatic heterocycles. The summed E-state index contributed by atoms with van der Waals surface area (Å²) in [5.74, 6) is 0. The molecule has 4 nitrogen and oxygen atoms in total. The smallest absolute Gasteiger partial charge is 0.410 e. The predicted octanol–water partition coefficient (Wildman–Crippen LogP) is 2.30. The lowest BCUT2D eigenvalue weighted by molar-refractivity contribution is -0.107. The molecule has 1 heterocycles. The van der Waals surface area contributed by atoms with E-state index >= 15 is 0 Å². The minimum atomic E-state index is -0.468. The fourth-order valence-electron chi connectivity index (χ4n) is 2.85. The molecule has 0 aromatic rings. The highest BCUT2D eigenvalue weighted by molar-refractivity contribution is 5.70. The first-order valence-electron chi connectivity index (χ1n) is 6.54. The van der Waals surface area contributed by atoms with E-state index in [1.165, 1.54) is 0 Å². The molecule has 2 fully saturated rings. The topological polar surface area (TPSA) is 49.8 Å². The molecule has 4 heteroatoms. The average Bonchev–Trinajstić information content (AvgIpc) is 2.11. The normalized spacial score (nSPS) is 27.8. The zero-order valence-electron chi connectivity index (χ0n) is 11.0. The van der Waals surface area contributed by atoms with Gasteiger partial charge in [-0.05, 0) is 52.9 Å². The summed E-state index contributed by atoms with van der Waals surface area (Å²) in [7, 11) is 0. The number of amides is 1. The van der Waals surface area contributed by atoms with Gasteiger partial charge in [0.25, 0.3) is 0 Å². The van der Waals surface area contributed by atoms with Crippen molar-refractivity contribution in [2.75, 3.05) is 6.54 Å². The van der Waals surface area contributed by atoms with Crippen molar-refractivity contribution >= 4 is 6.09 Å². The standard InChI is InChI=1S/C13H23NO3/c1-12(2,3)17-11(16)14-9-4-6-10(15)13(14)7-5-8-13/h10,15H,4-9H2,1-3H3. The van der Waals surface area contributed by atoms with Crippen LogP contribution in [-0.4, -0.2) is 39.9 Å². The molecule has 0 radical (unpaired) electrons. The Morgan fingerprint density at radius 2 is 2.00 bits per heavy atom. The van der Waals surface area contributed by atoms with Crippen molar-refractivity contribution < 1.29 is 14.6 Å².